The molecule has 1 saturated heterocycles. The van der Waals surface area contributed by atoms with Gasteiger partial charge in [-0.3, -0.25) is 4.90 Å². The van der Waals surface area contributed by atoms with Gasteiger partial charge in [0.1, 0.15) is 5.75 Å². The zero-order valence-corrected chi connectivity index (χ0v) is 14.6. The van der Waals surface area contributed by atoms with Gasteiger partial charge in [-0.2, -0.15) is 0 Å². The summed E-state index contributed by atoms with van der Waals surface area (Å²) < 4.78 is 5.84. The first-order valence-electron chi connectivity index (χ1n) is 8.20. The molecule has 0 saturated carbocycles. The minimum atomic E-state index is -1.26. The van der Waals surface area contributed by atoms with Crippen LogP contribution in [0, 0.1) is 0 Å². The molecule has 2 rings (SSSR count). The third kappa shape index (κ3) is 9.49. The van der Waals surface area contributed by atoms with Gasteiger partial charge >= 0.3 is 11.9 Å². The first-order valence-corrected chi connectivity index (χ1v) is 8.20. The lowest BCUT2D eigenvalue weighted by molar-refractivity contribution is -0.134. The number of hydrogen-bond acceptors (Lipinski definition) is 5. The molecule has 0 aliphatic carbocycles. The average molecular weight is 350 g/mol. The first kappa shape index (κ1) is 20.7. The molecule has 0 spiro atoms. The molecule has 7 nitrogen and oxygen atoms in total. The van der Waals surface area contributed by atoms with Gasteiger partial charge in [-0.1, -0.05) is 18.2 Å². The second-order valence-corrected chi connectivity index (χ2v) is 5.81. The maximum Gasteiger partial charge on any atom is 0.328 e. The average Bonchev–Trinajstić information content (AvgIpc) is 2.56. The van der Waals surface area contributed by atoms with Crippen molar-refractivity contribution in [2.24, 2.45) is 0 Å². The van der Waals surface area contributed by atoms with E-state index in [0.29, 0.717) is 12.2 Å². The summed E-state index contributed by atoms with van der Waals surface area (Å²) in [4.78, 5) is 21.6. The molecule has 1 aliphatic rings. The van der Waals surface area contributed by atoms with Crippen LogP contribution in [0.4, 0.5) is 0 Å². The van der Waals surface area contributed by atoms with E-state index in [1.165, 1.54) is 5.56 Å². The first-order chi connectivity index (χ1) is 11.9. The Morgan fingerprint density at radius 3 is 2.24 bits per heavy atom. The molecular weight excluding hydrogens is 324 g/mol. The second kappa shape index (κ2) is 11.2. The maximum absolute atomic E-state index is 9.55. The third-order valence-electron chi connectivity index (χ3n) is 3.31. The van der Waals surface area contributed by atoms with Crippen molar-refractivity contribution in [1.29, 1.82) is 0 Å². The number of aliphatic carboxylic acids is 2. The molecule has 7 heteroatoms. The van der Waals surface area contributed by atoms with Crippen molar-refractivity contribution in [2.45, 2.75) is 26.5 Å². The molecule has 0 unspecified atom stereocenters. The zero-order chi connectivity index (χ0) is 18.7. The summed E-state index contributed by atoms with van der Waals surface area (Å²) in [5.41, 5.74) is 1.29. The normalized spacial score (nSPS) is 14.8. The van der Waals surface area contributed by atoms with Gasteiger partial charge in [0.15, 0.2) is 0 Å². The van der Waals surface area contributed by atoms with E-state index in [2.05, 4.69) is 42.3 Å². The topological polar surface area (TPSA) is 99.1 Å². The molecule has 0 bridgehead atoms. The van der Waals surface area contributed by atoms with Crippen LogP contribution in [0.25, 0.3) is 0 Å². The predicted octanol–water partition coefficient (Wildman–Crippen LogP) is 1.59. The lowest BCUT2D eigenvalue weighted by Gasteiger charge is -2.28. The summed E-state index contributed by atoms with van der Waals surface area (Å²) in [5.74, 6) is -1.49. The molecule has 1 fully saturated rings. The molecule has 0 atom stereocenters. The van der Waals surface area contributed by atoms with Crippen molar-refractivity contribution < 1.29 is 24.5 Å². The van der Waals surface area contributed by atoms with E-state index in [1.54, 1.807) is 0 Å². The Labute approximate surface area is 147 Å². The summed E-state index contributed by atoms with van der Waals surface area (Å²) in [5, 5.41) is 19.0. The van der Waals surface area contributed by atoms with Gasteiger partial charge in [-0.25, -0.2) is 9.59 Å². The number of ether oxygens (including phenoxy) is 1. The molecule has 1 aliphatic heterocycles. The highest BCUT2D eigenvalue weighted by atomic mass is 16.5. The Morgan fingerprint density at radius 1 is 1.16 bits per heavy atom. The number of rotatable bonds is 6. The van der Waals surface area contributed by atoms with Crippen LogP contribution in [-0.2, 0) is 16.1 Å². The molecule has 1 aromatic carbocycles. The van der Waals surface area contributed by atoms with Crippen LogP contribution in [0.2, 0.25) is 0 Å². The molecule has 1 heterocycles. The fourth-order valence-electron chi connectivity index (χ4n) is 2.26. The van der Waals surface area contributed by atoms with Gasteiger partial charge in [-0.05, 0) is 19.9 Å². The van der Waals surface area contributed by atoms with Crippen molar-refractivity contribution in [1.82, 2.24) is 10.2 Å². The van der Waals surface area contributed by atoms with Crippen molar-refractivity contribution in [3.63, 3.8) is 0 Å². The van der Waals surface area contributed by atoms with Gasteiger partial charge in [0.05, 0.1) is 6.10 Å². The number of carbonyl (C=O) groups is 2. The molecular formula is C18H26N2O5. The molecule has 0 amide bonds. The number of nitrogens with zero attached hydrogens (tertiary/aromatic N) is 1. The van der Waals surface area contributed by atoms with E-state index in [1.807, 2.05) is 6.07 Å². The Hall–Kier alpha value is -2.38. The largest absolute Gasteiger partial charge is 0.491 e. The molecule has 3 N–H and O–H groups in total. The van der Waals surface area contributed by atoms with E-state index < -0.39 is 11.9 Å². The Morgan fingerprint density at radius 2 is 1.72 bits per heavy atom. The molecule has 1 aromatic rings. The smallest absolute Gasteiger partial charge is 0.328 e. The third-order valence-corrected chi connectivity index (χ3v) is 3.31. The SMILES string of the molecule is CC(C)Oc1ccccc1CN1CCNCC1.O=C(O)/C=C/C(=O)O. The van der Waals surface area contributed by atoms with Gasteiger partial charge in [0.25, 0.3) is 0 Å². The van der Waals surface area contributed by atoms with Gasteiger partial charge in [0.2, 0.25) is 0 Å². The predicted molar refractivity (Wildman–Crippen MR) is 94.8 cm³/mol. The van der Waals surface area contributed by atoms with Gasteiger partial charge in [-0.15, -0.1) is 0 Å². The van der Waals surface area contributed by atoms with Crippen molar-refractivity contribution in [3.05, 3.63) is 42.0 Å². The van der Waals surface area contributed by atoms with E-state index in [0.717, 1.165) is 38.5 Å². The van der Waals surface area contributed by atoms with Crippen LogP contribution in [0.3, 0.4) is 0 Å². The minimum absolute atomic E-state index is 0.235. The van der Waals surface area contributed by atoms with Crippen molar-refractivity contribution in [2.75, 3.05) is 26.2 Å². The summed E-state index contributed by atoms with van der Waals surface area (Å²) in [6, 6.07) is 8.36. The number of benzene rings is 1. The van der Waals surface area contributed by atoms with Crippen LogP contribution < -0.4 is 10.1 Å². The number of hydrogen-bond donors (Lipinski definition) is 3. The highest BCUT2D eigenvalue weighted by Crippen LogP contribution is 2.21. The summed E-state index contributed by atoms with van der Waals surface area (Å²) in [6.45, 7) is 9.56. The standard InChI is InChI=1S/C14H22N2O.C4H4O4/c1-12(2)17-14-6-4-3-5-13(14)11-16-9-7-15-8-10-16;5-3(6)1-2-4(7)8/h3-6,12,15H,7-11H2,1-2H3;1-2H,(H,5,6)(H,7,8)/b;2-1+. The maximum atomic E-state index is 9.55. The van der Waals surface area contributed by atoms with Crippen LogP contribution >= 0.6 is 0 Å². The van der Waals surface area contributed by atoms with Crippen LogP contribution in [0.5, 0.6) is 5.75 Å². The fraction of sp³-hybridized carbons (Fsp3) is 0.444. The Kier molecular flexibility index (Phi) is 9.28. The van der Waals surface area contributed by atoms with Crippen LogP contribution in [0.15, 0.2) is 36.4 Å². The number of para-hydroxylation sites is 1. The zero-order valence-electron chi connectivity index (χ0n) is 14.6. The molecule has 0 aromatic heterocycles. The number of carboxylic acid groups (broad SMARTS) is 2. The Balaban J connectivity index is 0.000000333. The quantitative estimate of drug-likeness (QED) is 0.670. The van der Waals surface area contributed by atoms with E-state index in [-0.39, 0.29) is 6.10 Å². The van der Waals surface area contributed by atoms with Crippen molar-refractivity contribution in [3.8, 4) is 5.75 Å². The minimum Gasteiger partial charge on any atom is -0.491 e. The molecule has 25 heavy (non-hydrogen) atoms. The monoisotopic (exact) mass is 350 g/mol. The highest BCUT2D eigenvalue weighted by molar-refractivity contribution is 5.89. The lowest BCUT2D eigenvalue weighted by Crippen LogP contribution is -2.42. The van der Waals surface area contributed by atoms with Crippen molar-refractivity contribution >= 4 is 11.9 Å². The van der Waals surface area contributed by atoms with E-state index in [9.17, 15) is 9.59 Å². The Bertz CT molecular complexity index is 565. The number of piperazine rings is 1. The second-order valence-electron chi connectivity index (χ2n) is 5.81. The van der Waals surface area contributed by atoms with Crippen LogP contribution in [0.1, 0.15) is 19.4 Å². The number of carboxylic acids is 2. The number of nitrogens with one attached hydrogen (secondary N) is 1. The summed E-state index contributed by atoms with van der Waals surface area (Å²) in [7, 11) is 0. The van der Waals surface area contributed by atoms with E-state index >= 15 is 0 Å². The lowest BCUT2D eigenvalue weighted by atomic mass is 10.1. The van der Waals surface area contributed by atoms with Gasteiger partial charge in [0, 0.05) is 50.4 Å². The fourth-order valence-corrected chi connectivity index (χ4v) is 2.26. The van der Waals surface area contributed by atoms with E-state index in [4.69, 9.17) is 14.9 Å². The summed E-state index contributed by atoms with van der Waals surface area (Å²) >= 11 is 0. The van der Waals surface area contributed by atoms with Gasteiger partial charge < -0.3 is 20.3 Å². The van der Waals surface area contributed by atoms with Crippen LogP contribution in [-0.4, -0.2) is 59.3 Å². The summed E-state index contributed by atoms with van der Waals surface area (Å²) in [6.07, 6.45) is 1.35. The molecule has 138 valence electrons. The highest BCUT2D eigenvalue weighted by Gasteiger charge is 2.12. The molecule has 0 radical (unpaired) electrons.